The average molecular weight is 305 g/mol. The van der Waals surface area contributed by atoms with E-state index in [1.54, 1.807) is 17.4 Å². The van der Waals surface area contributed by atoms with Gasteiger partial charge in [-0.2, -0.15) is 0 Å². The molecule has 0 fully saturated rings. The van der Waals surface area contributed by atoms with Crippen LogP contribution < -0.4 is 5.32 Å². The number of rotatable bonds is 4. The number of benzene rings is 1. The lowest BCUT2D eigenvalue weighted by atomic mass is 10.1. The van der Waals surface area contributed by atoms with Crippen molar-refractivity contribution in [3.8, 4) is 11.1 Å². The lowest BCUT2D eigenvalue weighted by Crippen LogP contribution is -2.29. The average Bonchev–Trinajstić information content (AvgIpc) is 3.04. The summed E-state index contributed by atoms with van der Waals surface area (Å²) in [6.45, 7) is 0.696. The molecule has 0 spiro atoms. The summed E-state index contributed by atoms with van der Waals surface area (Å²) in [6.07, 6.45) is 1.72. The zero-order valence-corrected chi connectivity index (χ0v) is 12.5. The number of thiophene rings is 1. The highest BCUT2D eigenvalue weighted by Crippen LogP contribution is 2.25. The Balaban J connectivity index is 1.63. The van der Waals surface area contributed by atoms with Crippen LogP contribution in [0.5, 0.6) is 0 Å². The monoisotopic (exact) mass is 305 g/mol. The van der Waals surface area contributed by atoms with Gasteiger partial charge in [0.05, 0.1) is 5.75 Å². The zero-order valence-electron chi connectivity index (χ0n) is 10.8. The van der Waals surface area contributed by atoms with Gasteiger partial charge in [-0.05, 0) is 22.6 Å². The number of nitrogens with one attached hydrogen (secondary N) is 1. The Kier molecular flexibility index (Phi) is 3.74. The van der Waals surface area contributed by atoms with Gasteiger partial charge in [-0.25, -0.2) is 8.42 Å². The summed E-state index contributed by atoms with van der Waals surface area (Å²) in [7, 11) is -2.98. The molecule has 1 aliphatic heterocycles. The largest absolute Gasteiger partial charge is 0.305 e. The molecule has 1 aromatic heterocycles. The Morgan fingerprint density at radius 2 is 2.00 bits per heavy atom. The van der Waals surface area contributed by atoms with Gasteiger partial charge in [-0.15, -0.1) is 11.3 Å². The summed E-state index contributed by atoms with van der Waals surface area (Å²) in [4.78, 5) is 1.21. The second kappa shape index (κ2) is 5.52. The molecule has 1 aliphatic rings. The van der Waals surface area contributed by atoms with Crippen LogP contribution in [-0.2, 0) is 16.4 Å². The summed E-state index contributed by atoms with van der Waals surface area (Å²) in [5.74, 6) is 0.171. The maximum atomic E-state index is 11.3. The van der Waals surface area contributed by atoms with Crippen LogP contribution in [0.3, 0.4) is 0 Å². The van der Waals surface area contributed by atoms with Gasteiger partial charge in [-0.3, -0.25) is 0 Å². The van der Waals surface area contributed by atoms with E-state index in [2.05, 4.69) is 28.9 Å². The molecule has 1 unspecified atom stereocenters. The first kappa shape index (κ1) is 13.5. The van der Waals surface area contributed by atoms with E-state index < -0.39 is 9.84 Å². The van der Waals surface area contributed by atoms with Crippen LogP contribution in [0.4, 0.5) is 0 Å². The molecule has 3 rings (SSSR count). The first-order chi connectivity index (χ1) is 9.62. The first-order valence-electron chi connectivity index (χ1n) is 6.39. The fourth-order valence-electron chi connectivity index (χ4n) is 2.19. The van der Waals surface area contributed by atoms with E-state index in [0.717, 1.165) is 0 Å². The summed E-state index contributed by atoms with van der Waals surface area (Å²) in [5.41, 5.74) is 2.42. The van der Waals surface area contributed by atoms with Gasteiger partial charge < -0.3 is 5.32 Å². The normalized spacial score (nSPS) is 20.3. The van der Waals surface area contributed by atoms with E-state index in [9.17, 15) is 8.42 Å². The predicted octanol–water partition coefficient (Wildman–Crippen LogP) is 2.82. The predicted molar refractivity (Wildman–Crippen MR) is 83.3 cm³/mol. The molecule has 1 N–H and O–H groups in total. The molecular formula is C15H15NO2S2. The van der Waals surface area contributed by atoms with Crippen molar-refractivity contribution < 1.29 is 8.42 Å². The van der Waals surface area contributed by atoms with Crippen molar-refractivity contribution >= 4 is 21.2 Å². The van der Waals surface area contributed by atoms with Gasteiger partial charge in [0.1, 0.15) is 0 Å². The quantitative estimate of drug-likeness (QED) is 0.945. The minimum absolute atomic E-state index is 0.0673. The fourth-order valence-corrected chi connectivity index (χ4v) is 4.30. The summed E-state index contributed by atoms with van der Waals surface area (Å²) in [5, 5.41) is 6.70. The Bertz CT molecular complexity index is 717. The Morgan fingerprint density at radius 1 is 1.20 bits per heavy atom. The second-order valence-electron chi connectivity index (χ2n) is 4.81. The van der Waals surface area contributed by atoms with Crippen LogP contribution >= 0.6 is 11.3 Å². The van der Waals surface area contributed by atoms with Crippen LogP contribution in [-0.4, -0.2) is 20.2 Å². The third-order valence-corrected chi connectivity index (χ3v) is 5.56. The lowest BCUT2D eigenvalue weighted by molar-refractivity contribution is 0.591. The van der Waals surface area contributed by atoms with E-state index in [4.69, 9.17) is 0 Å². The minimum atomic E-state index is -2.98. The van der Waals surface area contributed by atoms with Gasteiger partial charge in [0.25, 0.3) is 0 Å². The van der Waals surface area contributed by atoms with Crippen molar-refractivity contribution in [2.45, 2.75) is 12.6 Å². The summed E-state index contributed by atoms with van der Waals surface area (Å²) < 4.78 is 22.6. The van der Waals surface area contributed by atoms with Gasteiger partial charge in [0.2, 0.25) is 0 Å². The molecule has 2 aromatic rings. The van der Waals surface area contributed by atoms with Crippen molar-refractivity contribution in [3.63, 3.8) is 0 Å². The van der Waals surface area contributed by atoms with Crippen molar-refractivity contribution in [3.05, 3.63) is 58.1 Å². The maximum absolute atomic E-state index is 11.3. The maximum Gasteiger partial charge on any atom is 0.173 e. The fraction of sp³-hybridized carbons (Fsp3) is 0.200. The molecule has 20 heavy (non-hydrogen) atoms. The third-order valence-electron chi connectivity index (χ3n) is 3.23. The van der Waals surface area contributed by atoms with Crippen LogP contribution in [0.1, 0.15) is 4.88 Å². The molecule has 3 nitrogen and oxygen atoms in total. The van der Waals surface area contributed by atoms with Gasteiger partial charge in [0, 0.05) is 22.9 Å². The van der Waals surface area contributed by atoms with Crippen LogP contribution in [0.25, 0.3) is 11.1 Å². The third kappa shape index (κ3) is 3.17. The van der Waals surface area contributed by atoms with E-state index >= 15 is 0 Å². The van der Waals surface area contributed by atoms with Crippen LogP contribution in [0.15, 0.2) is 53.3 Å². The zero-order chi connectivity index (χ0) is 14.0. The molecule has 0 saturated carbocycles. The standard InChI is InChI=1S/C15H15NO2S2/c17-20(18)7-6-14(11-20)16-9-15-8-13(10-19-15)12-4-2-1-3-5-12/h1-8,10,14,16H,9,11H2. The molecule has 0 saturated heterocycles. The molecule has 0 aliphatic carbocycles. The van der Waals surface area contributed by atoms with Crippen molar-refractivity contribution in [2.24, 2.45) is 0 Å². The molecule has 2 heterocycles. The molecule has 0 bridgehead atoms. The van der Waals surface area contributed by atoms with E-state index in [1.807, 2.05) is 18.2 Å². The Hall–Kier alpha value is -1.43. The highest BCUT2D eigenvalue weighted by atomic mass is 32.2. The molecule has 1 atom stereocenters. The van der Waals surface area contributed by atoms with Crippen LogP contribution in [0, 0.1) is 0 Å². The van der Waals surface area contributed by atoms with Gasteiger partial charge in [-0.1, -0.05) is 36.4 Å². The van der Waals surface area contributed by atoms with Gasteiger partial charge in [0.15, 0.2) is 9.84 Å². The van der Waals surface area contributed by atoms with Crippen LogP contribution in [0.2, 0.25) is 0 Å². The SMILES string of the molecule is O=S1(=O)C=CC(NCc2cc(-c3ccccc3)cs2)C1. The van der Waals surface area contributed by atoms with Crippen molar-refractivity contribution in [2.75, 3.05) is 5.75 Å². The summed E-state index contributed by atoms with van der Waals surface area (Å²) in [6, 6.07) is 12.3. The lowest BCUT2D eigenvalue weighted by Gasteiger charge is -2.07. The minimum Gasteiger partial charge on any atom is -0.305 e. The number of hydrogen-bond acceptors (Lipinski definition) is 4. The summed E-state index contributed by atoms with van der Waals surface area (Å²) >= 11 is 1.69. The molecule has 5 heteroatoms. The number of hydrogen-bond donors (Lipinski definition) is 1. The Labute approximate surface area is 122 Å². The highest BCUT2D eigenvalue weighted by Gasteiger charge is 2.20. The smallest absolute Gasteiger partial charge is 0.173 e. The highest BCUT2D eigenvalue weighted by molar-refractivity contribution is 7.94. The molecular weight excluding hydrogens is 290 g/mol. The van der Waals surface area contributed by atoms with E-state index in [0.29, 0.717) is 6.54 Å². The first-order valence-corrected chi connectivity index (χ1v) is 8.99. The molecule has 104 valence electrons. The topological polar surface area (TPSA) is 46.2 Å². The Morgan fingerprint density at radius 3 is 2.70 bits per heavy atom. The molecule has 0 amide bonds. The van der Waals surface area contributed by atoms with E-state index in [-0.39, 0.29) is 11.8 Å². The van der Waals surface area contributed by atoms with E-state index in [1.165, 1.54) is 21.4 Å². The molecule has 0 radical (unpaired) electrons. The van der Waals surface area contributed by atoms with Crippen molar-refractivity contribution in [1.29, 1.82) is 0 Å². The molecule has 1 aromatic carbocycles. The van der Waals surface area contributed by atoms with Crippen molar-refractivity contribution in [1.82, 2.24) is 5.32 Å². The van der Waals surface area contributed by atoms with Gasteiger partial charge >= 0.3 is 0 Å². The second-order valence-corrected chi connectivity index (χ2v) is 7.74. The number of sulfone groups is 1.